The fourth-order valence-electron chi connectivity index (χ4n) is 5.91. The van der Waals surface area contributed by atoms with Gasteiger partial charge < -0.3 is 10.2 Å². The Labute approximate surface area is 194 Å². The third-order valence-electron chi connectivity index (χ3n) is 7.60. The van der Waals surface area contributed by atoms with Gasteiger partial charge in [-0.15, -0.1) is 0 Å². The summed E-state index contributed by atoms with van der Waals surface area (Å²) in [6, 6.07) is 11.3. The predicted molar refractivity (Wildman–Crippen MR) is 125 cm³/mol. The maximum Gasteiger partial charge on any atom is 0.253 e. The van der Waals surface area contributed by atoms with Gasteiger partial charge in [0.2, 0.25) is 0 Å². The Morgan fingerprint density at radius 1 is 1.06 bits per heavy atom. The number of pyridine rings is 1. The minimum atomic E-state index is 0.0115. The Balaban J connectivity index is 1.27. The number of amides is 2. The Bertz CT molecular complexity index is 1030. The van der Waals surface area contributed by atoms with E-state index >= 15 is 0 Å². The average molecular weight is 452 g/mol. The summed E-state index contributed by atoms with van der Waals surface area (Å²) in [5, 5.41) is 3.89. The van der Waals surface area contributed by atoms with Crippen molar-refractivity contribution in [1.82, 2.24) is 15.2 Å². The van der Waals surface area contributed by atoms with Gasteiger partial charge in [0.15, 0.2) is 0 Å². The highest BCUT2D eigenvalue weighted by Crippen LogP contribution is 2.44. The highest BCUT2D eigenvalue weighted by atomic mass is 35.5. The molecule has 0 radical (unpaired) electrons. The molecule has 0 spiro atoms. The maximum atomic E-state index is 13.2. The van der Waals surface area contributed by atoms with Crippen molar-refractivity contribution in [2.24, 2.45) is 11.8 Å². The molecule has 2 saturated carbocycles. The lowest BCUT2D eigenvalue weighted by atomic mass is 9.89. The fourth-order valence-corrected chi connectivity index (χ4v) is 6.10. The number of aromatic nitrogens is 1. The number of halogens is 1. The largest absolute Gasteiger partial charge is 0.349 e. The summed E-state index contributed by atoms with van der Waals surface area (Å²) < 4.78 is 0. The number of likely N-dealkylation sites (tertiary alicyclic amines) is 1. The van der Waals surface area contributed by atoms with Crippen molar-refractivity contribution in [3.8, 4) is 0 Å². The van der Waals surface area contributed by atoms with Crippen molar-refractivity contribution in [2.45, 2.75) is 57.4 Å². The van der Waals surface area contributed by atoms with Gasteiger partial charge >= 0.3 is 0 Å². The highest BCUT2D eigenvalue weighted by Gasteiger charge is 2.40. The van der Waals surface area contributed by atoms with Gasteiger partial charge in [-0.05, 0) is 81.2 Å². The van der Waals surface area contributed by atoms with E-state index in [4.69, 9.17) is 16.6 Å². The molecule has 2 bridgehead atoms. The third-order valence-corrected chi connectivity index (χ3v) is 7.84. The number of nitrogens with one attached hydrogen (secondary N) is 1. The van der Waals surface area contributed by atoms with Gasteiger partial charge in [-0.25, -0.2) is 0 Å². The van der Waals surface area contributed by atoms with E-state index < -0.39 is 0 Å². The second-order valence-corrected chi connectivity index (χ2v) is 10.2. The van der Waals surface area contributed by atoms with E-state index in [-0.39, 0.29) is 17.7 Å². The van der Waals surface area contributed by atoms with E-state index in [1.165, 1.54) is 19.3 Å². The van der Waals surface area contributed by atoms with Gasteiger partial charge in [0, 0.05) is 41.3 Å². The number of rotatable bonds is 4. The van der Waals surface area contributed by atoms with Crippen LogP contribution in [0.2, 0.25) is 5.02 Å². The second-order valence-electron chi connectivity index (χ2n) is 9.72. The zero-order chi connectivity index (χ0) is 22.2. The first-order valence-corrected chi connectivity index (χ1v) is 12.2. The summed E-state index contributed by atoms with van der Waals surface area (Å²) in [6.07, 6.45) is 6.56. The van der Waals surface area contributed by atoms with Gasteiger partial charge in [-0.1, -0.05) is 24.1 Å². The monoisotopic (exact) mass is 451 g/mol. The molecule has 1 aromatic heterocycles. The van der Waals surface area contributed by atoms with Gasteiger partial charge in [0.25, 0.3) is 11.8 Å². The Hall–Kier alpha value is -2.40. The lowest BCUT2D eigenvalue weighted by Gasteiger charge is -2.33. The Morgan fingerprint density at radius 3 is 2.56 bits per heavy atom. The van der Waals surface area contributed by atoms with Gasteiger partial charge in [0.1, 0.15) is 0 Å². The van der Waals surface area contributed by atoms with E-state index in [2.05, 4.69) is 5.32 Å². The summed E-state index contributed by atoms with van der Waals surface area (Å²) in [7, 11) is 0. The van der Waals surface area contributed by atoms with Crippen molar-refractivity contribution in [3.05, 3.63) is 63.9 Å². The van der Waals surface area contributed by atoms with Crippen LogP contribution in [0.25, 0.3) is 0 Å². The number of fused-ring (bicyclic) bond motifs is 2. The number of benzene rings is 1. The number of nitrogens with zero attached hydrogens (tertiary/aromatic N) is 2. The minimum absolute atomic E-state index is 0.0115. The molecule has 5 rings (SSSR count). The molecule has 3 unspecified atom stereocenters. The topological polar surface area (TPSA) is 62.3 Å². The molecule has 32 heavy (non-hydrogen) atoms. The van der Waals surface area contributed by atoms with Crippen LogP contribution >= 0.6 is 11.6 Å². The van der Waals surface area contributed by atoms with Crippen LogP contribution in [0.3, 0.4) is 0 Å². The quantitative estimate of drug-likeness (QED) is 0.712. The number of hydrogen-bond donors (Lipinski definition) is 1. The molecule has 1 saturated heterocycles. The molecule has 1 aromatic carbocycles. The second kappa shape index (κ2) is 8.86. The number of carbonyl (C=O) groups is 2. The molecule has 5 nitrogen and oxygen atoms in total. The Morgan fingerprint density at radius 2 is 1.88 bits per heavy atom. The lowest BCUT2D eigenvalue weighted by Crippen LogP contribution is -2.40. The zero-order valence-electron chi connectivity index (χ0n) is 18.5. The summed E-state index contributed by atoms with van der Waals surface area (Å²) in [5.41, 5.74) is 3.14. The molecular formula is C26H30ClN3O2. The average Bonchev–Trinajstić information content (AvgIpc) is 3.42. The number of aryl methyl sites for hydroxylation is 1. The molecule has 2 heterocycles. The number of hydrogen-bond acceptors (Lipinski definition) is 3. The molecule has 168 valence electrons. The molecule has 2 aromatic rings. The van der Waals surface area contributed by atoms with Crippen LogP contribution in [-0.4, -0.2) is 40.8 Å². The maximum absolute atomic E-state index is 13.2. The molecule has 3 aliphatic rings. The standard InChI is InChI=1S/C26H30ClN3O2/c1-16-5-8-22(25(31)29-23-14-17-6-7-19(23)13-17)24(28-16)18-9-11-30(12-10-18)26(32)20-3-2-4-21(27)15-20/h2-5,8,15,17-19,23H,6-7,9-14H2,1H3,(H,29,31). The zero-order valence-corrected chi connectivity index (χ0v) is 19.3. The van der Waals surface area contributed by atoms with Crippen LogP contribution in [0.15, 0.2) is 36.4 Å². The summed E-state index contributed by atoms with van der Waals surface area (Å²) in [4.78, 5) is 32.8. The SMILES string of the molecule is Cc1ccc(C(=O)NC2CC3CCC2C3)c(C2CCN(C(=O)c3cccc(Cl)c3)CC2)n1. The van der Waals surface area contributed by atoms with Crippen molar-refractivity contribution in [2.75, 3.05) is 13.1 Å². The summed E-state index contributed by atoms with van der Waals surface area (Å²) in [5.74, 6) is 1.65. The molecule has 3 atom stereocenters. The molecule has 3 fully saturated rings. The predicted octanol–water partition coefficient (Wildman–Crippen LogP) is 4.98. The molecule has 6 heteroatoms. The first kappa shape index (κ1) is 21.4. The summed E-state index contributed by atoms with van der Waals surface area (Å²) in [6.45, 7) is 3.27. The van der Waals surface area contributed by atoms with Crippen LogP contribution in [0.1, 0.15) is 76.5 Å². The van der Waals surface area contributed by atoms with Gasteiger partial charge in [0.05, 0.1) is 11.3 Å². The van der Waals surface area contributed by atoms with Gasteiger partial charge in [-0.3, -0.25) is 14.6 Å². The van der Waals surface area contributed by atoms with Gasteiger partial charge in [-0.2, -0.15) is 0 Å². The van der Waals surface area contributed by atoms with Crippen molar-refractivity contribution in [1.29, 1.82) is 0 Å². The first-order chi connectivity index (χ1) is 15.5. The molecule has 2 amide bonds. The van der Waals surface area contributed by atoms with E-state index in [1.807, 2.05) is 24.0 Å². The smallest absolute Gasteiger partial charge is 0.253 e. The van der Waals surface area contributed by atoms with Crippen LogP contribution < -0.4 is 5.32 Å². The fraction of sp³-hybridized carbons (Fsp3) is 0.500. The third kappa shape index (κ3) is 4.27. The van der Waals surface area contributed by atoms with Crippen LogP contribution in [0.5, 0.6) is 0 Å². The molecule has 1 aliphatic heterocycles. The summed E-state index contributed by atoms with van der Waals surface area (Å²) >= 11 is 6.06. The molecule has 1 N–H and O–H groups in total. The molecular weight excluding hydrogens is 422 g/mol. The van der Waals surface area contributed by atoms with Crippen molar-refractivity contribution >= 4 is 23.4 Å². The normalized spacial score (nSPS) is 25.2. The van der Waals surface area contributed by atoms with E-state index in [0.29, 0.717) is 41.2 Å². The first-order valence-electron chi connectivity index (χ1n) is 11.8. The number of carbonyl (C=O) groups excluding carboxylic acids is 2. The minimum Gasteiger partial charge on any atom is -0.349 e. The molecule has 2 aliphatic carbocycles. The van der Waals surface area contributed by atoms with E-state index in [9.17, 15) is 9.59 Å². The van der Waals surface area contributed by atoms with E-state index in [1.54, 1.807) is 24.3 Å². The van der Waals surface area contributed by atoms with Crippen molar-refractivity contribution in [3.63, 3.8) is 0 Å². The van der Waals surface area contributed by atoms with E-state index in [0.717, 1.165) is 36.6 Å². The van der Waals surface area contributed by atoms with Crippen LogP contribution in [0.4, 0.5) is 0 Å². The van der Waals surface area contributed by atoms with Crippen molar-refractivity contribution < 1.29 is 9.59 Å². The lowest BCUT2D eigenvalue weighted by molar-refractivity contribution is 0.0710. The highest BCUT2D eigenvalue weighted by molar-refractivity contribution is 6.30. The van der Waals surface area contributed by atoms with Crippen LogP contribution in [-0.2, 0) is 0 Å². The number of piperidine rings is 1. The Kier molecular flexibility index (Phi) is 5.93. The van der Waals surface area contributed by atoms with Crippen LogP contribution in [0, 0.1) is 18.8 Å².